The number of rotatable bonds is 6. The Labute approximate surface area is 213 Å². The van der Waals surface area contributed by atoms with E-state index in [1.807, 2.05) is 47.8 Å². The molecular formula is C29H25N3O3S. The summed E-state index contributed by atoms with van der Waals surface area (Å²) in [7, 11) is 3.19. The van der Waals surface area contributed by atoms with Crippen molar-refractivity contribution >= 4 is 33.3 Å². The number of amides is 1. The van der Waals surface area contributed by atoms with E-state index < -0.39 is 0 Å². The number of aryl methyl sites for hydroxylation is 2. The molecule has 0 bridgehead atoms. The zero-order chi connectivity index (χ0) is 25.2. The fourth-order valence-electron chi connectivity index (χ4n) is 4.23. The number of methoxy groups -OCH3 is 2. The Bertz CT molecular complexity index is 1590. The van der Waals surface area contributed by atoms with Gasteiger partial charge < -0.3 is 9.47 Å². The first-order valence-electron chi connectivity index (χ1n) is 11.4. The molecule has 0 spiro atoms. The van der Waals surface area contributed by atoms with Gasteiger partial charge in [-0.2, -0.15) is 0 Å². The van der Waals surface area contributed by atoms with Crippen molar-refractivity contribution in [1.82, 2.24) is 9.97 Å². The maximum Gasteiger partial charge on any atom is 0.258 e. The molecular weight excluding hydrogens is 470 g/mol. The number of ether oxygens (including phenoxy) is 2. The number of thiazole rings is 1. The first kappa shape index (κ1) is 23.5. The summed E-state index contributed by atoms with van der Waals surface area (Å²) in [5.41, 5.74) is 6.99. The zero-order valence-corrected chi connectivity index (χ0v) is 21.3. The molecule has 0 fully saturated rings. The molecule has 1 N–H and O–H groups in total. The number of benzene rings is 3. The minimum atomic E-state index is -0.239. The van der Waals surface area contributed by atoms with Gasteiger partial charge in [0.15, 0.2) is 16.6 Å². The van der Waals surface area contributed by atoms with Crippen LogP contribution in [-0.4, -0.2) is 30.1 Å². The van der Waals surface area contributed by atoms with Gasteiger partial charge in [0.05, 0.1) is 36.7 Å². The van der Waals surface area contributed by atoms with Gasteiger partial charge in [-0.15, -0.1) is 11.3 Å². The molecule has 2 aromatic heterocycles. The molecule has 0 atom stereocenters. The van der Waals surface area contributed by atoms with E-state index in [2.05, 4.69) is 42.3 Å². The monoisotopic (exact) mass is 495 g/mol. The van der Waals surface area contributed by atoms with Gasteiger partial charge in [0.2, 0.25) is 0 Å². The van der Waals surface area contributed by atoms with Gasteiger partial charge in [-0.05, 0) is 49.7 Å². The average Bonchev–Trinajstić information content (AvgIpc) is 3.35. The van der Waals surface area contributed by atoms with Crippen molar-refractivity contribution in [3.63, 3.8) is 0 Å². The Morgan fingerprint density at radius 2 is 1.67 bits per heavy atom. The highest BCUT2D eigenvalue weighted by Gasteiger charge is 2.17. The number of fused-ring (bicyclic) bond motifs is 1. The van der Waals surface area contributed by atoms with Gasteiger partial charge in [0, 0.05) is 21.9 Å². The number of aromatic nitrogens is 2. The summed E-state index contributed by atoms with van der Waals surface area (Å²) in [5.74, 6) is 0.984. The molecule has 1 amide bonds. The van der Waals surface area contributed by atoms with Crippen molar-refractivity contribution in [3.05, 3.63) is 88.8 Å². The third-order valence-corrected chi connectivity index (χ3v) is 6.78. The third kappa shape index (κ3) is 4.53. The van der Waals surface area contributed by atoms with Crippen LogP contribution in [0, 0.1) is 13.8 Å². The summed E-state index contributed by atoms with van der Waals surface area (Å²) < 4.78 is 10.8. The second-order valence-electron chi connectivity index (χ2n) is 8.45. The lowest BCUT2D eigenvalue weighted by atomic mass is 10.0. The standard InChI is InChI=1S/C29H25N3O3S/c1-17-9-11-20(18(2)13-17)25-16-36-29(31-25)32-28(33)22-15-24(30-23-8-6-5-7-21(22)23)19-10-12-26(34-3)27(14-19)35-4/h5-16H,1-4H3,(H,31,32,33). The Morgan fingerprint density at radius 3 is 2.44 bits per heavy atom. The van der Waals surface area contributed by atoms with Crippen LogP contribution in [0.1, 0.15) is 21.5 Å². The molecule has 36 heavy (non-hydrogen) atoms. The number of anilines is 1. The summed E-state index contributed by atoms with van der Waals surface area (Å²) in [6, 6.07) is 21.3. The van der Waals surface area contributed by atoms with Gasteiger partial charge in [0.25, 0.3) is 5.91 Å². The van der Waals surface area contributed by atoms with E-state index in [0.717, 1.165) is 33.3 Å². The van der Waals surface area contributed by atoms with Crippen molar-refractivity contribution in [2.75, 3.05) is 19.5 Å². The first-order chi connectivity index (χ1) is 17.5. The Kier molecular flexibility index (Phi) is 6.40. The number of hydrogen-bond donors (Lipinski definition) is 1. The van der Waals surface area contributed by atoms with Gasteiger partial charge in [-0.1, -0.05) is 42.0 Å². The predicted molar refractivity (Wildman–Crippen MR) is 145 cm³/mol. The molecule has 0 aliphatic heterocycles. The fourth-order valence-corrected chi connectivity index (χ4v) is 4.93. The molecule has 0 saturated carbocycles. The number of carbonyl (C=O) groups is 1. The van der Waals surface area contributed by atoms with Gasteiger partial charge >= 0.3 is 0 Å². The highest BCUT2D eigenvalue weighted by Crippen LogP contribution is 2.34. The minimum absolute atomic E-state index is 0.239. The molecule has 5 rings (SSSR count). The van der Waals surface area contributed by atoms with Gasteiger partial charge in [-0.3, -0.25) is 10.1 Å². The molecule has 0 radical (unpaired) electrons. The summed E-state index contributed by atoms with van der Waals surface area (Å²) in [6.07, 6.45) is 0. The minimum Gasteiger partial charge on any atom is -0.493 e. The molecule has 0 saturated heterocycles. The summed E-state index contributed by atoms with van der Waals surface area (Å²) in [6.45, 7) is 4.14. The van der Waals surface area contributed by atoms with Crippen LogP contribution in [0.25, 0.3) is 33.4 Å². The molecule has 0 unspecified atom stereocenters. The molecule has 0 aliphatic carbocycles. The Balaban J connectivity index is 1.51. The quantitative estimate of drug-likeness (QED) is 0.277. The van der Waals surface area contributed by atoms with E-state index in [0.29, 0.717) is 27.9 Å². The van der Waals surface area contributed by atoms with Crippen LogP contribution in [0.4, 0.5) is 5.13 Å². The summed E-state index contributed by atoms with van der Waals surface area (Å²) in [5, 5.41) is 6.27. The lowest BCUT2D eigenvalue weighted by Gasteiger charge is -2.12. The van der Waals surface area contributed by atoms with Gasteiger partial charge in [0.1, 0.15) is 0 Å². The number of hydrogen-bond acceptors (Lipinski definition) is 6. The molecule has 7 heteroatoms. The Morgan fingerprint density at radius 1 is 0.861 bits per heavy atom. The van der Waals surface area contributed by atoms with Crippen molar-refractivity contribution in [1.29, 1.82) is 0 Å². The normalized spacial score (nSPS) is 10.9. The number of para-hydroxylation sites is 1. The van der Waals surface area contributed by atoms with Crippen LogP contribution in [0.3, 0.4) is 0 Å². The van der Waals surface area contributed by atoms with Crippen LogP contribution in [-0.2, 0) is 0 Å². The van der Waals surface area contributed by atoms with Crippen molar-refractivity contribution < 1.29 is 14.3 Å². The number of nitrogens with one attached hydrogen (secondary N) is 1. The number of pyridine rings is 1. The van der Waals surface area contributed by atoms with Crippen LogP contribution in [0.2, 0.25) is 0 Å². The van der Waals surface area contributed by atoms with Crippen molar-refractivity contribution in [3.8, 4) is 34.0 Å². The van der Waals surface area contributed by atoms with Crippen molar-refractivity contribution in [2.45, 2.75) is 13.8 Å². The SMILES string of the molecule is COc1ccc(-c2cc(C(=O)Nc3nc(-c4ccc(C)cc4C)cs3)c3ccccc3n2)cc1OC. The van der Waals surface area contributed by atoms with E-state index >= 15 is 0 Å². The smallest absolute Gasteiger partial charge is 0.258 e. The van der Waals surface area contributed by atoms with E-state index in [1.165, 1.54) is 16.9 Å². The largest absolute Gasteiger partial charge is 0.493 e. The Hall–Kier alpha value is -4.23. The molecule has 180 valence electrons. The van der Waals surface area contributed by atoms with Crippen LogP contribution in [0.15, 0.2) is 72.1 Å². The van der Waals surface area contributed by atoms with Crippen LogP contribution >= 0.6 is 11.3 Å². The number of carbonyl (C=O) groups excluding carboxylic acids is 1. The summed E-state index contributed by atoms with van der Waals surface area (Å²) in [4.78, 5) is 23.0. The molecule has 5 aromatic rings. The van der Waals surface area contributed by atoms with E-state index in [4.69, 9.17) is 14.5 Å². The van der Waals surface area contributed by atoms with Crippen LogP contribution in [0.5, 0.6) is 11.5 Å². The highest BCUT2D eigenvalue weighted by atomic mass is 32.1. The summed E-state index contributed by atoms with van der Waals surface area (Å²) >= 11 is 1.41. The first-order valence-corrected chi connectivity index (χ1v) is 12.3. The second-order valence-corrected chi connectivity index (χ2v) is 9.31. The lowest BCUT2D eigenvalue weighted by molar-refractivity contribution is 0.102. The maximum atomic E-state index is 13.5. The second kappa shape index (κ2) is 9.79. The van der Waals surface area contributed by atoms with E-state index in [-0.39, 0.29) is 5.91 Å². The zero-order valence-electron chi connectivity index (χ0n) is 20.5. The average molecular weight is 496 g/mol. The lowest BCUT2D eigenvalue weighted by Crippen LogP contribution is -2.13. The fraction of sp³-hybridized carbons (Fsp3) is 0.138. The number of nitrogens with zero attached hydrogens (tertiary/aromatic N) is 2. The maximum absolute atomic E-state index is 13.5. The molecule has 2 heterocycles. The topological polar surface area (TPSA) is 73.3 Å². The van der Waals surface area contributed by atoms with Crippen LogP contribution < -0.4 is 14.8 Å². The third-order valence-electron chi connectivity index (χ3n) is 6.02. The van der Waals surface area contributed by atoms with Crippen molar-refractivity contribution in [2.24, 2.45) is 0 Å². The predicted octanol–water partition coefficient (Wildman–Crippen LogP) is 6.91. The molecule has 3 aromatic carbocycles. The van der Waals surface area contributed by atoms with E-state index in [1.54, 1.807) is 20.3 Å². The van der Waals surface area contributed by atoms with Gasteiger partial charge in [-0.25, -0.2) is 9.97 Å². The molecule has 6 nitrogen and oxygen atoms in total. The van der Waals surface area contributed by atoms with E-state index in [9.17, 15) is 4.79 Å². The highest BCUT2D eigenvalue weighted by molar-refractivity contribution is 7.14. The molecule has 0 aliphatic rings.